The monoisotopic (exact) mass is 297 g/mol. The first kappa shape index (κ1) is 16.6. The molecule has 0 heterocycles. The van der Waals surface area contributed by atoms with E-state index in [0.717, 1.165) is 12.1 Å². The molecule has 1 unspecified atom stereocenters. The molecule has 4 N–H and O–H groups in total. The topological polar surface area (TPSA) is 116 Å². The number of aromatic hydroxyl groups is 3. The summed E-state index contributed by atoms with van der Waals surface area (Å²) in [7, 11) is 1.22. The second-order valence-corrected chi connectivity index (χ2v) is 5.04. The first-order chi connectivity index (χ1) is 9.76. The molecule has 0 bridgehead atoms. The number of amides is 1. The van der Waals surface area contributed by atoms with Crippen LogP contribution in [-0.4, -0.2) is 40.3 Å². The highest BCUT2D eigenvalue weighted by atomic mass is 16.5. The summed E-state index contributed by atoms with van der Waals surface area (Å²) >= 11 is 0. The van der Waals surface area contributed by atoms with E-state index in [0.29, 0.717) is 6.42 Å². The van der Waals surface area contributed by atoms with Gasteiger partial charge >= 0.3 is 5.97 Å². The van der Waals surface area contributed by atoms with Crippen molar-refractivity contribution in [2.75, 3.05) is 7.11 Å². The standard InChI is InChI=1S/C14H19NO6/c1-7(2)4-9(14(20)21-3)15-13(19)8-5-10(16)12(18)11(17)6-8/h5-7,9,16-18H,4H2,1-3H3,(H,15,19). The highest BCUT2D eigenvalue weighted by molar-refractivity contribution is 5.97. The van der Waals surface area contributed by atoms with Crippen molar-refractivity contribution in [3.8, 4) is 17.2 Å². The number of carbonyl (C=O) groups is 2. The summed E-state index contributed by atoms with van der Waals surface area (Å²) in [4.78, 5) is 23.7. The lowest BCUT2D eigenvalue weighted by Gasteiger charge is -2.18. The van der Waals surface area contributed by atoms with Gasteiger partial charge < -0.3 is 25.4 Å². The molecular weight excluding hydrogens is 278 g/mol. The van der Waals surface area contributed by atoms with Crippen LogP contribution in [0.5, 0.6) is 17.2 Å². The summed E-state index contributed by atoms with van der Waals surface area (Å²) in [5.41, 5.74) is -0.0829. The van der Waals surface area contributed by atoms with E-state index >= 15 is 0 Å². The Labute approximate surface area is 122 Å². The van der Waals surface area contributed by atoms with Gasteiger partial charge in [-0.05, 0) is 24.5 Å². The van der Waals surface area contributed by atoms with E-state index in [1.165, 1.54) is 7.11 Å². The fourth-order valence-corrected chi connectivity index (χ4v) is 1.80. The van der Waals surface area contributed by atoms with Crippen LogP contribution in [0.15, 0.2) is 12.1 Å². The number of hydrogen-bond donors (Lipinski definition) is 4. The zero-order chi connectivity index (χ0) is 16.2. The summed E-state index contributed by atoms with van der Waals surface area (Å²) in [6.45, 7) is 3.78. The summed E-state index contributed by atoms with van der Waals surface area (Å²) < 4.78 is 4.62. The Morgan fingerprint density at radius 2 is 1.71 bits per heavy atom. The van der Waals surface area contributed by atoms with Gasteiger partial charge in [-0.1, -0.05) is 13.8 Å². The Morgan fingerprint density at radius 3 is 2.14 bits per heavy atom. The van der Waals surface area contributed by atoms with Crippen LogP contribution in [0.4, 0.5) is 0 Å². The number of methoxy groups -OCH3 is 1. The Balaban J connectivity index is 2.94. The third kappa shape index (κ3) is 4.27. The van der Waals surface area contributed by atoms with Gasteiger partial charge in [0.05, 0.1) is 7.11 Å². The first-order valence-corrected chi connectivity index (χ1v) is 6.39. The van der Waals surface area contributed by atoms with Gasteiger partial charge in [0.2, 0.25) is 0 Å². The fourth-order valence-electron chi connectivity index (χ4n) is 1.80. The zero-order valence-corrected chi connectivity index (χ0v) is 12.1. The number of hydrogen-bond acceptors (Lipinski definition) is 6. The third-order valence-electron chi connectivity index (χ3n) is 2.83. The maximum absolute atomic E-state index is 12.0. The molecule has 1 aromatic rings. The number of rotatable bonds is 5. The molecule has 7 nitrogen and oxygen atoms in total. The zero-order valence-electron chi connectivity index (χ0n) is 12.1. The van der Waals surface area contributed by atoms with Gasteiger partial charge in [-0.3, -0.25) is 4.79 Å². The predicted octanol–water partition coefficient (Wildman–Crippen LogP) is 1.12. The number of nitrogens with one attached hydrogen (secondary N) is 1. The average molecular weight is 297 g/mol. The Kier molecular flexibility index (Phi) is 5.40. The number of ether oxygens (including phenoxy) is 1. The molecule has 0 aliphatic heterocycles. The molecule has 21 heavy (non-hydrogen) atoms. The molecule has 0 spiro atoms. The smallest absolute Gasteiger partial charge is 0.328 e. The molecule has 1 atom stereocenters. The molecule has 0 aliphatic rings. The van der Waals surface area contributed by atoms with Gasteiger partial charge in [0.1, 0.15) is 6.04 Å². The van der Waals surface area contributed by atoms with E-state index in [1.54, 1.807) is 0 Å². The molecule has 1 amide bonds. The van der Waals surface area contributed by atoms with E-state index in [9.17, 15) is 24.9 Å². The lowest BCUT2D eigenvalue weighted by Crippen LogP contribution is -2.42. The van der Waals surface area contributed by atoms with Gasteiger partial charge in [0.25, 0.3) is 5.91 Å². The highest BCUT2D eigenvalue weighted by Gasteiger charge is 2.24. The molecule has 0 fully saturated rings. The minimum absolute atomic E-state index is 0.0829. The van der Waals surface area contributed by atoms with Crippen molar-refractivity contribution in [3.05, 3.63) is 17.7 Å². The van der Waals surface area contributed by atoms with E-state index in [2.05, 4.69) is 10.1 Å². The van der Waals surface area contributed by atoms with Gasteiger partial charge in [-0.15, -0.1) is 0 Å². The normalized spacial score (nSPS) is 12.0. The van der Waals surface area contributed by atoms with Crippen LogP contribution < -0.4 is 5.32 Å². The molecule has 1 aromatic carbocycles. The average Bonchev–Trinajstić information content (AvgIpc) is 2.41. The maximum Gasteiger partial charge on any atom is 0.328 e. The fraction of sp³-hybridized carbons (Fsp3) is 0.429. The van der Waals surface area contributed by atoms with Crippen LogP contribution in [0.25, 0.3) is 0 Å². The molecule has 0 aliphatic carbocycles. The van der Waals surface area contributed by atoms with Crippen LogP contribution in [0, 0.1) is 5.92 Å². The van der Waals surface area contributed by atoms with Gasteiger partial charge in [-0.2, -0.15) is 0 Å². The number of benzene rings is 1. The number of carbonyl (C=O) groups excluding carboxylic acids is 2. The summed E-state index contributed by atoms with van der Waals surface area (Å²) in [5, 5.41) is 30.5. The number of phenols is 3. The second kappa shape index (κ2) is 6.83. The van der Waals surface area contributed by atoms with Crippen molar-refractivity contribution in [2.24, 2.45) is 5.92 Å². The lowest BCUT2D eigenvalue weighted by molar-refractivity contribution is -0.143. The minimum Gasteiger partial charge on any atom is -0.504 e. The Morgan fingerprint density at radius 1 is 1.19 bits per heavy atom. The molecule has 0 saturated heterocycles. The van der Waals surface area contributed by atoms with Crippen molar-refractivity contribution in [1.82, 2.24) is 5.32 Å². The lowest BCUT2D eigenvalue weighted by atomic mass is 10.0. The van der Waals surface area contributed by atoms with Crippen LogP contribution in [0.2, 0.25) is 0 Å². The van der Waals surface area contributed by atoms with Crippen molar-refractivity contribution in [3.63, 3.8) is 0 Å². The Bertz CT molecular complexity index is 517. The SMILES string of the molecule is COC(=O)C(CC(C)C)NC(=O)c1cc(O)c(O)c(O)c1. The Hall–Kier alpha value is -2.44. The van der Waals surface area contributed by atoms with E-state index in [-0.39, 0.29) is 11.5 Å². The third-order valence-corrected chi connectivity index (χ3v) is 2.83. The van der Waals surface area contributed by atoms with Crippen LogP contribution in [-0.2, 0) is 9.53 Å². The van der Waals surface area contributed by atoms with Gasteiger partial charge in [0.15, 0.2) is 17.2 Å². The highest BCUT2D eigenvalue weighted by Crippen LogP contribution is 2.35. The molecular formula is C14H19NO6. The minimum atomic E-state index is -0.833. The summed E-state index contributed by atoms with van der Waals surface area (Å²) in [6.07, 6.45) is 0.383. The number of phenolic OH excluding ortho intramolecular Hbond substituents is 3. The van der Waals surface area contributed by atoms with Crippen molar-refractivity contribution in [2.45, 2.75) is 26.3 Å². The van der Waals surface area contributed by atoms with Crippen LogP contribution >= 0.6 is 0 Å². The predicted molar refractivity (Wildman–Crippen MR) is 74.2 cm³/mol. The molecule has 0 radical (unpaired) electrons. The molecule has 0 aromatic heterocycles. The summed E-state index contributed by atoms with van der Waals surface area (Å²) in [5.74, 6) is -3.06. The maximum atomic E-state index is 12.0. The van der Waals surface area contributed by atoms with Crippen molar-refractivity contribution < 1.29 is 29.6 Å². The second-order valence-electron chi connectivity index (χ2n) is 5.04. The molecule has 0 saturated carbocycles. The molecule has 1 rings (SSSR count). The van der Waals surface area contributed by atoms with Gasteiger partial charge in [-0.25, -0.2) is 4.79 Å². The van der Waals surface area contributed by atoms with E-state index in [1.807, 2.05) is 13.8 Å². The molecule has 7 heteroatoms. The number of esters is 1. The van der Waals surface area contributed by atoms with Crippen molar-refractivity contribution in [1.29, 1.82) is 0 Å². The van der Waals surface area contributed by atoms with Crippen LogP contribution in [0.1, 0.15) is 30.6 Å². The largest absolute Gasteiger partial charge is 0.504 e. The van der Waals surface area contributed by atoms with Crippen molar-refractivity contribution >= 4 is 11.9 Å². The first-order valence-electron chi connectivity index (χ1n) is 6.39. The van der Waals surface area contributed by atoms with Gasteiger partial charge in [0, 0.05) is 5.56 Å². The quantitative estimate of drug-likeness (QED) is 0.478. The van der Waals surface area contributed by atoms with Crippen LogP contribution in [0.3, 0.4) is 0 Å². The summed E-state index contributed by atoms with van der Waals surface area (Å²) in [6, 6.07) is 1.16. The van der Waals surface area contributed by atoms with E-state index in [4.69, 9.17) is 0 Å². The van der Waals surface area contributed by atoms with E-state index < -0.39 is 35.2 Å². The molecule has 116 valence electrons.